The van der Waals surface area contributed by atoms with Gasteiger partial charge in [0, 0.05) is 17.9 Å². The highest BCUT2D eigenvalue weighted by atomic mass is 16.5. The number of ether oxygens (including phenoxy) is 1. The number of carbonyl (C=O) groups is 2. The van der Waals surface area contributed by atoms with Gasteiger partial charge in [-0.3, -0.25) is 9.78 Å². The van der Waals surface area contributed by atoms with Crippen molar-refractivity contribution in [3.05, 3.63) is 48.8 Å². The van der Waals surface area contributed by atoms with Crippen LogP contribution in [0.4, 0.5) is 10.5 Å². The second kappa shape index (κ2) is 7.65. The van der Waals surface area contributed by atoms with E-state index in [1.165, 1.54) is 0 Å². The van der Waals surface area contributed by atoms with Crippen LogP contribution >= 0.6 is 0 Å². The first-order valence-electron chi connectivity index (χ1n) is 8.08. The number of nitrogens with zero attached hydrogens (tertiary/aromatic N) is 1. The van der Waals surface area contributed by atoms with Crippen LogP contribution in [0.5, 0.6) is 11.5 Å². The summed E-state index contributed by atoms with van der Waals surface area (Å²) >= 11 is 0. The van der Waals surface area contributed by atoms with Gasteiger partial charge in [-0.05, 0) is 55.7 Å². The number of carboxylic acids is 1. The molecule has 3 N–H and O–H groups in total. The van der Waals surface area contributed by atoms with Gasteiger partial charge in [0.1, 0.15) is 11.5 Å². The highest BCUT2D eigenvalue weighted by molar-refractivity contribution is 5.89. The van der Waals surface area contributed by atoms with Crippen LogP contribution in [0.3, 0.4) is 0 Å². The number of pyridine rings is 1. The van der Waals surface area contributed by atoms with E-state index in [1.54, 1.807) is 48.8 Å². The lowest BCUT2D eigenvalue weighted by Gasteiger charge is -2.13. The average molecular weight is 341 g/mol. The molecular formula is C18H19N3O4. The van der Waals surface area contributed by atoms with E-state index >= 15 is 0 Å². The fraction of sp³-hybridized carbons (Fsp3) is 0.278. The van der Waals surface area contributed by atoms with Crippen molar-refractivity contribution >= 4 is 17.7 Å². The molecule has 7 nitrogen and oxygen atoms in total. The van der Waals surface area contributed by atoms with Crippen molar-refractivity contribution in [2.75, 3.05) is 5.32 Å². The Balaban J connectivity index is 1.49. The van der Waals surface area contributed by atoms with Gasteiger partial charge in [-0.25, -0.2) is 4.79 Å². The third-order valence-electron chi connectivity index (χ3n) is 4.10. The monoisotopic (exact) mass is 341 g/mol. The van der Waals surface area contributed by atoms with Gasteiger partial charge < -0.3 is 20.5 Å². The molecule has 25 heavy (non-hydrogen) atoms. The Labute approximate surface area is 145 Å². The second-order valence-corrected chi connectivity index (χ2v) is 5.96. The molecule has 0 unspecified atom stereocenters. The van der Waals surface area contributed by atoms with Gasteiger partial charge in [0.25, 0.3) is 0 Å². The minimum atomic E-state index is -0.797. The Hall–Kier alpha value is -3.09. The molecule has 1 saturated carbocycles. The van der Waals surface area contributed by atoms with Crippen LogP contribution in [0.25, 0.3) is 0 Å². The minimum Gasteiger partial charge on any atom is -0.481 e. The molecule has 1 heterocycles. The number of rotatable bonds is 5. The molecule has 2 atom stereocenters. The maximum Gasteiger partial charge on any atom is 0.319 e. The summed E-state index contributed by atoms with van der Waals surface area (Å²) in [5.74, 6) is 0.109. The van der Waals surface area contributed by atoms with Gasteiger partial charge in [0.2, 0.25) is 0 Å². The molecule has 1 aliphatic rings. The largest absolute Gasteiger partial charge is 0.481 e. The SMILES string of the molecule is O=C(Nc1ccc(Oc2cccnc2)cc1)N[C@H]1CC[C@@H](C(=O)O)C1. The van der Waals surface area contributed by atoms with E-state index in [1.807, 2.05) is 0 Å². The molecule has 0 saturated heterocycles. The van der Waals surface area contributed by atoms with Gasteiger partial charge >= 0.3 is 12.0 Å². The summed E-state index contributed by atoms with van der Waals surface area (Å²) in [5, 5.41) is 14.5. The molecule has 0 bridgehead atoms. The number of carbonyl (C=O) groups excluding carboxylic acids is 1. The number of nitrogens with one attached hydrogen (secondary N) is 2. The minimum absolute atomic E-state index is 0.103. The average Bonchev–Trinajstić information content (AvgIpc) is 3.06. The third kappa shape index (κ3) is 4.69. The second-order valence-electron chi connectivity index (χ2n) is 5.96. The lowest BCUT2D eigenvalue weighted by atomic mass is 10.1. The van der Waals surface area contributed by atoms with Gasteiger partial charge in [-0.1, -0.05) is 0 Å². The van der Waals surface area contributed by atoms with Crippen LogP contribution < -0.4 is 15.4 Å². The van der Waals surface area contributed by atoms with Crippen LogP contribution in [0.2, 0.25) is 0 Å². The normalized spacial score (nSPS) is 19.2. The number of hydrogen-bond donors (Lipinski definition) is 3. The van der Waals surface area contributed by atoms with Gasteiger partial charge in [0.05, 0.1) is 12.1 Å². The predicted octanol–water partition coefficient (Wildman–Crippen LogP) is 3.25. The summed E-state index contributed by atoms with van der Waals surface area (Å²) in [4.78, 5) is 26.9. The van der Waals surface area contributed by atoms with Crippen molar-refractivity contribution in [2.45, 2.75) is 25.3 Å². The van der Waals surface area contributed by atoms with E-state index in [4.69, 9.17) is 9.84 Å². The third-order valence-corrected chi connectivity index (χ3v) is 4.10. The predicted molar refractivity (Wildman–Crippen MR) is 91.7 cm³/mol. The molecule has 7 heteroatoms. The Kier molecular flexibility index (Phi) is 5.13. The highest BCUT2D eigenvalue weighted by Crippen LogP contribution is 2.26. The zero-order valence-electron chi connectivity index (χ0n) is 13.5. The van der Waals surface area contributed by atoms with Crippen LogP contribution in [0, 0.1) is 5.92 Å². The van der Waals surface area contributed by atoms with E-state index in [0.717, 1.165) is 0 Å². The molecule has 2 amide bonds. The molecule has 1 fully saturated rings. The summed E-state index contributed by atoms with van der Waals surface area (Å²) < 4.78 is 5.63. The molecule has 3 rings (SSSR count). The van der Waals surface area contributed by atoms with Crippen molar-refractivity contribution in [3.63, 3.8) is 0 Å². The Morgan fingerprint density at radius 2 is 1.92 bits per heavy atom. The van der Waals surface area contributed by atoms with Crippen LogP contribution in [-0.2, 0) is 4.79 Å². The molecule has 0 aliphatic heterocycles. The number of urea groups is 1. The molecule has 1 aromatic carbocycles. The number of amides is 2. The number of anilines is 1. The Morgan fingerprint density at radius 1 is 1.12 bits per heavy atom. The number of aromatic nitrogens is 1. The van der Waals surface area contributed by atoms with E-state index in [2.05, 4.69) is 15.6 Å². The molecule has 0 radical (unpaired) electrons. The quantitative estimate of drug-likeness (QED) is 0.775. The van der Waals surface area contributed by atoms with Gasteiger partial charge in [-0.2, -0.15) is 0 Å². The summed E-state index contributed by atoms with van der Waals surface area (Å²) in [6.07, 6.45) is 5.04. The first-order valence-corrected chi connectivity index (χ1v) is 8.08. The van der Waals surface area contributed by atoms with E-state index in [-0.39, 0.29) is 18.0 Å². The zero-order valence-corrected chi connectivity index (χ0v) is 13.5. The van der Waals surface area contributed by atoms with Crippen LogP contribution in [0.1, 0.15) is 19.3 Å². The fourth-order valence-corrected chi connectivity index (χ4v) is 2.84. The molecule has 130 valence electrons. The molecular weight excluding hydrogens is 322 g/mol. The van der Waals surface area contributed by atoms with Crippen LogP contribution in [0.15, 0.2) is 48.8 Å². The summed E-state index contributed by atoms with van der Waals surface area (Å²) in [6.45, 7) is 0. The Bertz CT molecular complexity index is 734. The highest BCUT2D eigenvalue weighted by Gasteiger charge is 2.30. The molecule has 2 aromatic rings. The maximum atomic E-state index is 12.0. The standard InChI is InChI=1S/C18H19N3O4/c22-17(23)12-3-4-14(10-12)21-18(24)20-13-5-7-15(8-6-13)25-16-2-1-9-19-11-16/h1-2,5-9,11-12,14H,3-4,10H2,(H,22,23)(H2,20,21,24)/t12-,14+/m1/s1. The van der Waals surface area contributed by atoms with Gasteiger partial charge in [0.15, 0.2) is 0 Å². The van der Waals surface area contributed by atoms with Crippen molar-refractivity contribution in [3.8, 4) is 11.5 Å². The summed E-state index contributed by atoms with van der Waals surface area (Å²) in [5.41, 5.74) is 0.629. The Morgan fingerprint density at radius 3 is 2.56 bits per heavy atom. The summed E-state index contributed by atoms with van der Waals surface area (Å²) in [7, 11) is 0. The summed E-state index contributed by atoms with van der Waals surface area (Å²) in [6, 6.07) is 10.1. The number of aliphatic carboxylic acids is 1. The molecule has 0 spiro atoms. The fourth-order valence-electron chi connectivity index (χ4n) is 2.84. The number of carboxylic acid groups (broad SMARTS) is 1. The van der Waals surface area contributed by atoms with E-state index in [9.17, 15) is 9.59 Å². The van der Waals surface area contributed by atoms with Gasteiger partial charge in [-0.15, -0.1) is 0 Å². The first-order chi connectivity index (χ1) is 12.1. The lowest BCUT2D eigenvalue weighted by Crippen LogP contribution is -2.36. The molecule has 1 aliphatic carbocycles. The van der Waals surface area contributed by atoms with E-state index < -0.39 is 5.97 Å². The maximum absolute atomic E-state index is 12.0. The lowest BCUT2D eigenvalue weighted by molar-refractivity contribution is -0.141. The first kappa shape index (κ1) is 16.8. The topological polar surface area (TPSA) is 101 Å². The van der Waals surface area contributed by atoms with Crippen molar-refractivity contribution in [1.82, 2.24) is 10.3 Å². The van der Waals surface area contributed by atoms with Crippen molar-refractivity contribution < 1.29 is 19.4 Å². The van der Waals surface area contributed by atoms with Crippen LogP contribution in [-0.4, -0.2) is 28.1 Å². The number of hydrogen-bond acceptors (Lipinski definition) is 4. The van der Waals surface area contributed by atoms with Crippen molar-refractivity contribution in [1.29, 1.82) is 0 Å². The van der Waals surface area contributed by atoms with Crippen molar-refractivity contribution in [2.24, 2.45) is 5.92 Å². The van der Waals surface area contributed by atoms with E-state index in [0.29, 0.717) is 36.4 Å². The smallest absolute Gasteiger partial charge is 0.319 e. The zero-order chi connectivity index (χ0) is 17.6. The number of benzene rings is 1. The molecule has 1 aromatic heterocycles.